The van der Waals surface area contributed by atoms with Crippen molar-refractivity contribution in [2.45, 2.75) is 39.3 Å². The molecule has 3 heterocycles. The van der Waals surface area contributed by atoms with E-state index in [2.05, 4.69) is 5.32 Å². The molecular formula is C17H22N2O4S. The summed E-state index contributed by atoms with van der Waals surface area (Å²) in [7, 11) is 0. The van der Waals surface area contributed by atoms with E-state index in [1.807, 2.05) is 18.4 Å². The van der Waals surface area contributed by atoms with Crippen LogP contribution in [-0.4, -0.2) is 41.4 Å². The van der Waals surface area contributed by atoms with Crippen LogP contribution in [0.5, 0.6) is 0 Å². The molecule has 0 aromatic carbocycles. The Kier molecular flexibility index (Phi) is 4.25. The highest BCUT2D eigenvalue weighted by molar-refractivity contribution is 7.10. The topological polar surface area (TPSA) is 75.7 Å². The van der Waals surface area contributed by atoms with Crippen molar-refractivity contribution < 1.29 is 19.1 Å². The first-order valence-corrected chi connectivity index (χ1v) is 9.08. The molecule has 0 radical (unpaired) electrons. The monoisotopic (exact) mass is 350 g/mol. The van der Waals surface area contributed by atoms with Crippen LogP contribution in [0, 0.1) is 18.8 Å². The lowest BCUT2D eigenvalue weighted by Crippen LogP contribution is -2.54. The van der Waals surface area contributed by atoms with Crippen LogP contribution in [0.4, 0.5) is 0 Å². The average Bonchev–Trinajstić information content (AvgIpc) is 3.16. The van der Waals surface area contributed by atoms with Gasteiger partial charge in [-0.1, -0.05) is 0 Å². The molecule has 2 saturated heterocycles. The number of amides is 2. The van der Waals surface area contributed by atoms with Gasteiger partial charge in [-0.25, -0.2) is 0 Å². The SMILES string of the molecule is CCOC(=O)C1(C)NC(c2sccc2C)C2C(=O)N(CC)C(=O)C21. The molecule has 4 atom stereocenters. The van der Waals surface area contributed by atoms with Crippen molar-refractivity contribution in [2.75, 3.05) is 13.2 Å². The molecule has 3 rings (SSSR count). The number of nitrogens with one attached hydrogen (secondary N) is 1. The van der Waals surface area contributed by atoms with E-state index >= 15 is 0 Å². The molecule has 7 heteroatoms. The van der Waals surface area contributed by atoms with Crippen molar-refractivity contribution in [3.05, 3.63) is 21.9 Å². The molecule has 0 spiro atoms. The molecule has 0 aliphatic carbocycles. The van der Waals surface area contributed by atoms with Crippen molar-refractivity contribution in [3.63, 3.8) is 0 Å². The summed E-state index contributed by atoms with van der Waals surface area (Å²) in [5.41, 5.74) is -0.141. The molecule has 2 aliphatic heterocycles. The van der Waals surface area contributed by atoms with Crippen LogP contribution in [-0.2, 0) is 19.1 Å². The molecule has 0 bridgehead atoms. The molecule has 1 aromatic heterocycles. The first-order chi connectivity index (χ1) is 11.4. The lowest BCUT2D eigenvalue weighted by atomic mass is 9.81. The van der Waals surface area contributed by atoms with Gasteiger partial charge in [-0.3, -0.25) is 24.6 Å². The van der Waals surface area contributed by atoms with E-state index in [0.29, 0.717) is 6.54 Å². The van der Waals surface area contributed by atoms with Crippen molar-refractivity contribution in [1.82, 2.24) is 10.2 Å². The van der Waals surface area contributed by atoms with Crippen LogP contribution < -0.4 is 5.32 Å². The Balaban J connectivity index is 2.09. The second-order valence-electron chi connectivity index (χ2n) is 6.44. The first kappa shape index (κ1) is 17.1. The number of aryl methyl sites for hydroxylation is 1. The Labute approximate surface area is 145 Å². The summed E-state index contributed by atoms with van der Waals surface area (Å²) in [5, 5.41) is 5.23. The number of ether oxygens (including phenoxy) is 1. The normalized spacial score (nSPS) is 32.3. The van der Waals surface area contributed by atoms with Gasteiger partial charge in [-0.05, 0) is 44.7 Å². The Morgan fingerprint density at radius 3 is 2.62 bits per heavy atom. The number of imide groups is 1. The van der Waals surface area contributed by atoms with Crippen LogP contribution in [0.1, 0.15) is 37.3 Å². The highest BCUT2D eigenvalue weighted by Crippen LogP contribution is 2.50. The van der Waals surface area contributed by atoms with E-state index in [9.17, 15) is 14.4 Å². The predicted octanol–water partition coefficient (Wildman–Crippen LogP) is 1.64. The summed E-state index contributed by atoms with van der Waals surface area (Å²) < 4.78 is 5.21. The second kappa shape index (κ2) is 5.97. The highest BCUT2D eigenvalue weighted by atomic mass is 32.1. The summed E-state index contributed by atoms with van der Waals surface area (Å²) in [6.07, 6.45) is 0. The van der Waals surface area contributed by atoms with Gasteiger partial charge in [0.2, 0.25) is 11.8 Å². The fourth-order valence-electron chi connectivity index (χ4n) is 3.91. The number of esters is 1. The predicted molar refractivity (Wildman–Crippen MR) is 89.3 cm³/mol. The molecule has 1 aromatic rings. The molecular weight excluding hydrogens is 328 g/mol. The fraction of sp³-hybridized carbons (Fsp3) is 0.588. The largest absolute Gasteiger partial charge is 0.465 e. The van der Waals surface area contributed by atoms with Crippen molar-refractivity contribution in [2.24, 2.45) is 11.8 Å². The van der Waals surface area contributed by atoms with Gasteiger partial charge < -0.3 is 4.74 Å². The third-order valence-corrected chi connectivity index (χ3v) is 6.18. The molecule has 2 fully saturated rings. The zero-order chi connectivity index (χ0) is 17.6. The quantitative estimate of drug-likeness (QED) is 0.660. The second-order valence-corrected chi connectivity index (χ2v) is 7.38. The summed E-state index contributed by atoms with van der Waals surface area (Å²) in [5.74, 6) is -2.26. The van der Waals surface area contributed by atoms with Crippen LogP contribution in [0.15, 0.2) is 11.4 Å². The van der Waals surface area contributed by atoms with E-state index in [4.69, 9.17) is 4.74 Å². The smallest absolute Gasteiger partial charge is 0.326 e. The van der Waals surface area contributed by atoms with Gasteiger partial charge in [-0.2, -0.15) is 0 Å². The van der Waals surface area contributed by atoms with E-state index in [1.165, 1.54) is 16.2 Å². The number of carbonyl (C=O) groups is 3. The zero-order valence-electron chi connectivity index (χ0n) is 14.3. The van der Waals surface area contributed by atoms with Gasteiger partial charge in [0.1, 0.15) is 5.54 Å². The van der Waals surface area contributed by atoms with E-state index in [0.717, 1.165) is 10.4 Å². The van der Waals surface area contributed by atoms with Gasteiger partial charge in [0.05, 0.1) is 24.5 Å². The number of likely N-dealkylation sites (tertiary alicyclic amines) is 1. The van der Waals surface area contributed by atoms with Crippen LogP contribution in [0.3, 0.4) is 0 Å². The third-order valence-electron chi connectivity index (χ3n) is 5.08. The molecule has 0 saturated carbocycles. The molecule has 2 aliphatic rings. The van der Waals surface area contributed by atoms with E-state index in [1.54, 1.807) is 20.8 Å². The summed E-state index contributed by atoms with van der Waals surface area (Å²) in [6, 6.07) is 1.63. The number of hydrogen-bond donors (Lipinski definition) is 1. The molecule has 1 N–H and O–H groups in total. The Hall–Kier alpha value is -1.73. The minimum atomic E-state index is -1.20. The zero-order valence-corrected chi connectivity index (χ0v) is 15.1. The number of hydrogen-bond acceptors (Lipinski definition) is 6. The highest BCUT2D eigenvalue weighted by Gasteiger charge is 2.67. The maximum Gasteiger partial charge on any atom is 0.326 e. The molecule has 2 amide bonds. The van der Waals surface area contributed by atoms with Crippen molar-refractivity contribution in [1.29, 1.82) is 0 Å². The lowest BCUT2D eigenvalue weighted by Gasteiger charge is -2.28. The summed E-state index contributed by atoms with van der Waals surface area (Å²) in [4.78, 5) is 40.5. The molecule has 6 nitrogen and oxygen atoms in total. The molecule has 24 heavy (non-hydrogen) atoms. The lowest BCUT2D eigenvalue weighted by molar-refractivity contribution is -0.155. The maximum absolute atomic E-state index is 12.8. The Bertz CT molecular complexity index is 701. The number of carbonyl (C=O) groups excluding carboxylic acids is 3. The van der Waals surface area contributed by atoms with Crippen molar-refractivity contribution >= 4 is 29.1 Å². The van der Waals surface area contributed by atoms with E-state index in [-0.39, 0.29) is 24.5 Å². The number of fused-ring (bicyclic) bond motifs is 1. The minimum absolute atomic E-state index is 0.203. The number of nitrogens with zero attached hydrogens (tertiary/aromatic N) is 1. The van der Waals surface area contributed by atoms with Gasteiger partial charge in [0.25, 0.3) is 0 Å². The van der Waals surface area contributed by atoms with Gasteiger partial charge in [0.15, 0.2) is 0 Å². The minimum Gasteiger partial charge on any atom is -0.465 e. The van der Waals surface area contributed by atoms with Gasteiger partial charge in [-0.15, -0.1) is 11.3 Å². The average molecular weight is 350 g/mol. The van der Waals surface area contributed by atoms with Crippen LogP contribution in [0.2, 0.25) is 0 Å². The van der Waals surface area contributed by atoms with Crippen molar-refractivity contribution in [3.8, 4) is 0 Å². The standard InChI is InChI=1S/C17H22N2O4S/c1-5-19-14(20)10-11(15(19)21)17(4,16(22)23-6-2)18-12(10)13-9(3)7-8-24-13/h7-8,10-12,18H,5-6H2,1-4H3. The first-order valence-electron chi connectivity index (χ1n) is 8.20. The number of rotatable bonds is 4. The molecule has 4 unspecified atom stereocenters. The van der Waals surface area contributed by atoms with Gasteiger partial charge in [0, 0.05) is 11.4 Å². The molecule has 130 valence electrons. The van der Waals surface area contributed by atoms with E-state index < -0.39 is 23.3 Å². The summed E-state index contributed by atoms with van der Waals surface area (Å²) >= 11 is 1.54. The Morgan fingerprint density at radius 1 is 1.38 bits per heavy atom. The maximum atomic E-state index is 12.8. The third kappa shape index (κ3) is 2.22. The van der Waals surface area contributed by atoms with Crippen LogP contribution in [0.25, 0.3) is 0 Å². The fourth-order valence-corrected chi connectivity index (χ4v) is 4.93. The summed E-state index contributed by atoms with van der Waals surface area (Å²) in [6.45, 7) is 7.71. The van der Waals surface area contributed by atoms with Crippen LogP contribution >= 0.6 is 11.3 Å². The van der Waals surface area contributed by atoms with Gasteiger partial charge >= 0.3 is 5.97 Å². The number of thiophene rings is 1. The Morgan fingerprint density at radius 2 is 2.08 bits per heavy atom.